The molecule has 1 aromatic carbocycles. The molecular formula is C35H40FN8O3+. The summed E-state index contributed by atoms with van der Waals surface area (Å²) >= 11 is 0. The van der Waals surface area contributed by atoms with Crippen molar-refractivity contribution in [2.45, 2.75) is 51.6 Å². The fourth-order valence-corrected chi connectivity index (χ4v) is 6.23. The Hall–Kier alpha value is -4.81. The van der Waals surface area contributed by atoms with E-state index < -0.39 is 18.0 Å². The molecule has 5 aromatic rings. The highest BCUT2D eigenvalue weighted by molar-refractivity contribution is 5.82. The van der Waals surface area contributed by atoms with E-state index in [0.717, 1.165) is 31.5 Å². The fourth-order valence-electron chi connectivity index (χ4n) is 6.23. The number of aliphatic hydroxyl groups is 1. The maximum Gasteiger partial charge on any atom is 0.319 e. The van der Waals surface area contributed by atoms with E-state index in [4.69, 9.17) is 0 Å². The Morgan fingerprint density at radius 3 is 2.45 bits per heavy atom. The van der Waals surface area contributed by atoms with Crippen LogP contribution in [0.15, 0.2) is 64.6 Å². The van der Waals surface area contributed by atoms with Crippen LogP contribution in [-0.4, -0.2) is 54.6 Å². The van der Waals surface area contributed by atoms with Gasteiger partial charge in [0.2, 0.25) is 12.0 Å². The lowest BCUT2D eigenvalue weighted by molar-refractivity contribution is -0.748. The number of aryl methyl sites for hydroxylation is 2. The molecule has 0 saturated carbocycles. The zero-order chi connectivity index (χ0) is 33.6. The minimum absolute atomic E-state index is 0.0757. The molecule has 1 aliphatic heterocycles. The normalized spacial score (nSPS) is 14.6. The molecule has 12 heteroatoms. The first-order chi connectivity index (χ1) is 22.3. The van der Waals surface area contributed by atoms with Crippen molar-refractivity contribution in [3.63, 3.8) is 0 Å². The summed E-state index contributed by atoms with van der Waals surface area (Å²) in [5, 5.41) is 18.6. The van der Waals surface area contributed by atoms with Gasteiger partial charge in [0.05, 0.1) is 23.1 Å². The number of aromatic nitrogens is 6. The lowest BCUT2D eigenvalue weighted by Gasteiger charge is -2.29. The van der Waals surface area contributed by atoms with Gasteiger partial charge in [-0.25, -0.2) is 19.0 Å². The predicted octanol–water partition coefficient (Wildman–Crippen LogP) is 3.85. The Kier molecular flexibility index (Phi) is 8.49. The average molecular weight is 640 g/mol. The topological polar surface area (TPSA) is 122 Å². The third-order valence-corrected chi connectivity index (χ3v) is 9.00. The van der Waals surface area contributed by atoms with Crippen LogP contribution >= 0.6 is 0 Å². The highest BCUT2D eigenvalue weighted by Crippen LogP contribution is 2.30. The van der Waals surface area contributed by atoms with Gasteiger partial charge in [-0.2, -0.15) is 5.10 Å². The summed E-state index contributed by atoms with van der Waals surface area (Å²) in [5.41, 5.74) is 1.99. The van der Waals surface area contributed by atoms with Gasteiger partial charge in [0.15, 0.2) is 7.05 Å². The fraction of sp³-hybridized carbons (Fsp3) is 0.371. The Morgan fingerprint density at radius 2 is 1.79 bits per heavy atom. The molecule has 0 aliphatic carbocycles. The second-order valence-electron chi connectivity index (χ2n) is 13.4. The molecule has 0 atom stereocenters. The van der Waals surface area contributed by atoms with Crippen LogP contribution in [0.4, 0.5) is 15.9 Å². The summed E-state index contributed by atoms with van der Waals surface area (Å²) in [6.45, 7) is 7.55. The zero-order valence-electron chi connectivity index (χ0n) is 27.6. The van der Waals surface area contributed by atoms with E-state index in [1.54, 1.807) is 25.4 Å². The van der Waals surface area contributed by atoms with Gasteiger partial charge in [-0.15, -0.1) is 4.68 Å². The van der Waals surface area contributed by atoms with Crippen LogP contribution in [0.25, 0.3) is 27.8 Å². The van der Waals surface area contributed by atoms with Crippen molar-refractivity contribution in [1.82, 2.24) is 29.3 Å². The number of anilines is 2. The molecule has 2 N–H and O–H groups in total. The number of piperidine rings is 1. The Labute approximate surface area is 271 Å². The molecule has 1 fully saturated rings. The van der Waals surface area contributed by atoms with Gasteiger partial charge in [0.1, 0.15) is 17.3 Å². The lowest BCUT2D eigenvalue weighted by Crippen LogP contribution is -2.48. The SMILES string of the molecule is CN1CCC(c2ccc(Nc3cc(-c4ccnc(-n5c(=O)c6c(F)cc(C(C)(C)C)cc6c[n+]5C)c4CO)nn(C)c3=O)nc2)CC1. The van der Waals surface area contributed by atoms with Crippen LogP contribution in [0, 0.1) is 5.82 Å². The second-order valence-corrected chi connectivity index (χ2v) is 13.4. The molecule has 47 heavy (non-hydrogen) atoms. The van der Waals surface area contributed by atoms with Crippen molar-refractivity contribution >= 4 is 22.3 Å². The van der Waals surface area contributed by atoms with Gasteiger partial charge >= 0.3 is 5.56 Å². The molecule has 5 heterocycles. The van der Waals surface area contributed by atoms with E-state index in [1.165, 1.54) is 38.9 Å². The van der Waals surface area contributed by atoms with E-state index in [2.05, 4.69) is 32.3 Å². The summed E-state index contributed by atoms with van der Waals surface area (Å²) in [7, 11) is 5.33. The van der Waals surface area contributed by atoms with Crippen LogP contribution in [0.1, 0.15) is 56.2 Å². The second kappa shape index (κ2) is 12.4. The summed E-state index contributed by atoms with van der Waals surface area (Å²) in [5.74, 6) is 0.465. The molecule has 0 unspecified atom stereocenters. The maximum absolute atomic E-state index is 15.5. The number of hydrogen-bond acceptors (Lipinski definition) is 8. The van der Waals surface area contributed by atoms with Crippen molar-refractivity contribution in [3.8, 4) is 17.1 Å². The van der Waals surface area contributed by atoms with Crippen LogP contribution in [0.2, 0.25) is 0 Å². The van der Waals surface area contributed by atoms with E-state index in [0.29, 0.717) is 28.4 Å². The summed E-state index contributed by atoms with van der Waals surface area (Å²) in [4.78, 5) is 38.3. The van der Waals surface area contributed by atoms with Crippen molar-refractivity contribution in [2.24, 2.45) is 14.1 Å². The van der Waals surface area contributed by atoms with E-state index in [9.17, 15) is 14.7 Å². The number of nitrogens with zero attached hydrogens (tertiary/aromatic N) is 7. The first kappa shape index (κ1) is 32.1. The molecule has 0 spiro atoms. The molecule has 11 nitrogen and oxygen atoms in total. The summed E-state index contributed by atoms with van der Waals surface area (Å²) in [6.07, 6.45) is 7.18. The van der Waals surface area contributed by atoms with Gasteiger partial charge in [-0.05, 0) is 85.8 Å². The number of pyridine rings is 2. The number of benzene rings is 1. The number of likely N-dealkylation sites (tertiary alicyclic amines) is 1. The van der Waals surface area contributed by atoms with Crippen molar-refractivity contribution in [3.05, 3.63) is 98.2 Å². The Morgan fingerprint density at radius 1 is 1.04 bits per heavy atom. The van der Waals surface area contributed by atoms with Gasteiger partial charge in [0.25, 0.3) is 5.56 Å². The third-order valence-electron chi connectivity index (χ3n) is 9.00. The van der Waals surface area contributed by atoms with E-state index >= 15 is 4.39 Å². The van der Waals surface area contributed by atoms with Crippen LogP contribution in [0.3, 0.4) is 0 Å². The molecule has 244 valence electrons. The highest BCUT2D eigenvalue weighted by Gasteiger charge is 2.26. The molecule has 1 saturated heterocycles. The smallest absolute Gasteiger partial charge is 0.319 e. The van der Waals surface area contributed by atoms with E-state index in [1.807, 2.05) is 45.2 Å². The molecule has 4 aromatic heterocycles. The molecule has 1 aliphatic rings. The number of halogens is 1. The number of rotatable bonds is 6. The third kappa shape index (κ3) is 6.18. The predicted molar refractivity (Wildman–Crippen MR) is 179 cm³/mol. The number of aliphatic hydroxyl groups excluding tert-OH is 1. The first-order valence-electron chi connectivity index (χ1n) is 15.7. The van der Waals surface area contributed by atoms with E-state index in [-0.39, 0.29) is 33.4 Å². The molecular weight excluding hydrogens is 599 g/mol. The van der Waals surface area contributed by atoms with Crippen molar-refractivity contribution < 1.29 is 14.2 Å². The number of hydrogen-bond donors (Lipinski definition) is 2. The molecule has 0 bridgehead atoms. The number of nitrogens with one attached hydrogen (secondary N) is 1. The molecule has 6 rings (SSSR count). The van der Waals surface area contributed by atoms with Crippen LogP contribution in [0.5, 0.6) is 0 Å². The van der Waals surface area contributed by atoms with Crippen LogP contribution in [-0.2, 0) is 26.1 Å². The minimum atomic E-state index is -0.628. The van der Waals surface area contributed by atoms with Crippen LogP contribution < -0.4 is 21.1 Å². The molecule has 0 amide bonds. The largest absolute Gasteiger partial charge is 0.392 e. The van der Waals surface area contributed by atoms with Crippen molar-refractivity contribution in [1.29, 1.82) is 0 Å². The van der Waals surface area contributed by atoms with Gasteiger partial charge in [0, 0.05) is 30.6 Å². The monoisotopic (exact) mass is 639 g/mol. The quantitative estimate of drug-likeness (QED) is 0.269. The Bertz CT molecular complexity index is 2090. The van der Waals surface area contributed by atoms with Gasteiger partial charge in [-0.3, -0.25) is 9.59 Å². The highest BCUT2D eigenvalue weighted by atomic mass is 19.1. The standard InChI is InChI=1S/C35H39FN8O3/c1-35(2,3)24-15-23-19-42(5)44(34(47)31(23)27(36)16-24)32-26(20-45)25(9-12-37-32)28-17-29(33(46)43(6)40-28)39-30-8-7-22(18-38-30)21-10-13-41(4)14-11-21/h7-9,12,15-19,21,45H,10-11,13-14,20H2,1-6H3/p+1. The first-order valence-corrected chi connectivity index (χ1v) is 15.7. The van der Waals surface area contributed by atoms with Crippen molar-refractivity contribution in [2.75, 3.05) is 25.5 Å². The maximum atomic E-state index is 15.5. The number of fused-ring (bicyclic) bond motifs is 1. The summed E-state index contributed by atoms with van der Waals surface area (Å²) < 4.78 is 19.4. The lowest BCUT2D eigenvalue weighted by atomic mass is 9.86. The zero-order valence-corrected chi connectivity index (χ0v) is 27.6. The minimum Gasteiger partial charge on any atom is -0.392 e. The Balaban J connectivity index is 1.39. The summed E-state index contributed by atoms with van der Waals surface area (Å²) in [6, 6.07) is 10.4. The molecule has 0 radical (unpaired) electrons. The average Bonchev–Trinajstić information content (AvgIpc) is 3.03. The van der Waals surface area contributed by atoms with Gasteiger partial charge < -0.3 is 15.3 Å². The van der Waals surface area contributed by atoms with Gasteiger partial charge in [-0.1, -0.05) is 31.5 Å².